The molecule has 180 valence electrons. The van der Waals surface area contributed by atoms with Crippen molar-refractivity contribution in [1.82, 2.24) is 19.1 Å². The van der Waals surface area contributed by atoms with E-state index >= 15 is 0 Å². The van der Waals surface area contributed by atoms with Crippen molar-refractivity contribution in [3.8, 4) is 11.4 Å². The van der Waals surface area contributed by atoms with Crippen molar-refractivity contribution < 1.29 is 0 Å². The van der Waals surface area contributed by atoms with Crippen molar-refractivity contribution in [2.24, 2.45) is 0 Å². The first-order valence-corrected chi connectivity index (χ1v) is 14.4. The topological polar surface area (TPSA) is 35.6 Å². The maximum atomic E-state index is 4.83. The average Bonchev–Trinajstić information content (AvgIpc) is 3.69. The van der Waals surface area contributed by atoms with Crippen molar-refractivity contribution >= 4 is 81.3 Å². The number of aromatic nitrogens is 4. The average molecular weight is 525 g/mol. The fourth-order valence-electron chi connectivity index (χ4n) is 6.08. The molecule has 0 spiro atoms. The Labute approximate surface area is 225 Å². The monoisotopic (exact) mass is 524 g/mol. The highest BCUT2D eigenvalue weighted by atomic mass is 32.1. The predicted octanol–water partition coefficient (Wildman–Crippen LogP) is 8.91. The van der Waals surface area contributed by atoms with Gasteiger partial charge < -0.3 is 0 Å². The molecule has 0 saturated carbocycles. The van der Waals surface area contributed by atoms with E-state index in [1.807, 2.05) is 47.2 Å². The summed E-state index contributed by atoms with van der Waals surface area (Å²) in [6.07, 6.45) is 10.6. The van der Waals surface area contributed by atoms with Gasteiger partial charge in [0, 0.05) is 49.5 Å². The maximum absolute atomic E-state index is 4.83. The van der Waals surface area contributed by atoms with Gasteiger partial charge in [-0.3, -0.25) is 19.1 Å². The summed E-state index contributed by atoms with van der Waals surface area (Å²) in [7, 11) is 0. The number of rotatable bonds is 2. The molecule has 2 aromatic carbocycles. The molecular formula is C32H20N4S2. The summed E-state index contributed by atoms with van der Waals surface area (Å²) in [6, 6.07) is 26.1. The Morgan fingerprint density at radius 1 is 0.658 bits per heavy atom. The lowest BCUT2D eigenvalue weighted by atomic mass is 10.0. The minimum atomic E-state index is 1.06. The van der Waals surface area contributed by atoms with Crippen LogP contribution in [0.15, 0.2) is 91.3 Å². The lowest BCUT2D eigenvalue weighted by molar-refractivity contribution is 1.02. The zero-order chi connectivity index (χ0) is 24.8. The SMILES string of the molecule is C1=Cc2c(sc3c2c2ncccc2n3-c2ccc(-n3c4cccnc4c4c5ccccc5sc43)cc2)CC1. The van der Waals surface area contributed by atoms with Gasteiger partial charge in [0.15, 0.2) is 0 Å². The van der Waals surface area contributed by atoms with Gasteiger partial charge in [-0.1, -0.05) is 30.4 Å². The van der Waals surface area contributed by atoms with E-state index in [0.29, 0.717) is 0 Å². The van der Waals surface area contributed by atoms with Gasteiger partial charge in [-0.15, -0.1) is 22.7 Å². The van der Waals surface area contributed by atoms with Gasteiger partial charge in [0.05, 0.1) is 22.1 Å². The number of pyridine rings is 2. The van der Waals surface area contributed by atoms with Gasteiger partial charge >= 0.3 is 0 Å². The van der Waals surface area contributed by atoms with Crippen LogP contribution < -0.4 is 0 Å². The van der Waals surface area contributed by atoms with Gasteiger partial charge in [0.2, 0.25) is 0 Å². The van der Waals surface area contributed by atoms with E-state index in [4.69, 9.17) is 9.97 Å². The normalized spacial score (nSPS) is 13.5. The summed E-state index contributed by atoms with van der Waals surface area (Å²) >= 11 is 3.75. The van der Waals surface area contributed by atoms with E-state index in [0.717, 1.165) is 46.3 Å². The zero-order valence-electron chi connectivity index (χ0n) is 20.3. The molecular weight excluding hydrogens is 505 g/mol. The smallest absolute Gasteiger partial charge is 0.111 e. The predicted molar refractivity (Wildman–Crippen MR) is 161 cm³/mol. The number of fused-ring (bicyclic) bond motifs is 10. The molecule has 8 aromatic rings. The molecule has 6 aromatic heterocycles. The summed E-state index contributed by atoms with van der Waals surface area (Å²) in [5, 5.41) is 3.80. The molecule has 0 bridgehead atoms. The Balaban J connectivity index is 1.28. The van der Waals surface area contributed by atoms with E-state index in [1.165, 1.54) is 41.0 Å². The minimum Gasteiger partial charge on any atom is -0.299 e. The van der Waals surface area contributed by atoms with Gasteiger partial charge in [-0.25, -0.2) is 0 Å². The first-order valence-electron chi connectivity index (χ1n) is 12.8. The summed E-state index contributed by atoms with van der Waals surface area (Å²) in [6.45, 7) is 0. The largest absolute Gasteiger partial charge is 0.299 e. The summed E-state index contributed by atoms with van der Waals surface area (Å²) in [5.41, 5.74) is 8.11. The highest BCUT2D eigenvalue weighted by Crippen LogP contribution is 2.44. The molecule has 38 heavy (non-hydrogen) atoms. The van der Waals surface area contributed by atoms with Crippen molar-refractivity contribution in [3.05, 3.63) is 102 Å². The van der Waals surface area contributed by atoms with E-state index in [1.54, 1.807) is 0 Å². The minimum absolute atomic E-state index is 1.06. The second-order valence-corrected chi connectivity index (χ2v) is 11.9. The van der Waals surface area contributed by atoms with Crippen LogP contribution in [0, 0.1) is 0 Å². The van der Waals surface area contributed by atoms with Crippen LogP contribution in [0.2, 0.25) is 0 Å². The summed E-state index contributed by atoms with van der Waals surface area (Å²) in [4.78, 5) is 13.6. The summed E-state index contributed by atoms with van der Waals surface area (Å²) < 4.78 is 6.05. The Bertz CT molecular complexity index is 2240. The molecule has 0 N–H and O–H groups in total. The second kappa shape index (κ2) is 7.63. The lowest BCUT2D eigenvalue weighted by Crippen LogP contribution is -1.96. The van der Waals surface area contributed by atoms with Crippen LogP contribution >= 0.6 is 22.7 Å². The highest BCUT2D eigenvalue weighted by molar-refractivity contribution is 7.25. The number of hydrogen-bond acceptors (Lipinski definition) is 4. The van der Waals surface area contributed by atoms with Crippen LogP contribution in [0.3, 0.4) is 0 Å². The van der Waals surface area contributed by atoms with Crippen LogP contribution in [0.5, 0.6) is 0 Å². The molecule has 1 aliphatic rings. The quantitative estimate of drug-likeness (QED) is 0.226. The van der Waals surface area contributed by atoms with Crippen LogP contribution in [0.25, 0.3) is 70.0 Å². The Morgan fingerprint density at radius 2 is 1.32 bits per heavy atom. The third-order valence-electron chi connectivity index (χ3n) is 7.70. The number of allylic oxidation sites excluding steroid dienone is 1. The van der Waals surface area contributed by atoms with E-state index in [2.05, 4.69) is 81.9 Å². The maximum Gasteiger partial charge on any atom is 0.111 e. The van der Waals surface area contributed by atoms with Crippen molar-refractivity contribution in [3.63, 3.8) is 0 Å². The molecule has 0 unspecified atom stereocenters. The first kappa shape index (κ1) is 20.8. The molecule has 4 nitrogen and oxygen atoms in total. The van der Waals surface area contributed by atoms with Gasteiger partial charge in [0.25, 0.3) is 0 Å². The van der Waals surface area contributed by atoms with Crippen molar-refractivity contribution in [1.29, 1.82) is 0 Å². The molecule has 6 heterocycles. The fourth-order valence-corrected chi connectivity index (χ4v) is 8.66. The Kier molecular flexibility index (Phi) is 4.17. The number of benzene rings is 2. The van der Waals surface area contributed by atoms with Gasteiger partial charge in [-0.05, 0) is 73.0 Å². The van der Waals surface area contributed by atoms with Crippen LogP contribution in [-0.2, 0) is 6.42 Å². The number of thiophene rings is 2. The van der Waals surface area contributed by atoms with E-state index < -0.39 is 0 Å². The van der Waals surface area contributed by atoms with Gasteiger partial charge in [0.1, 0.15) is 9.66 Å². The fraction of sp³-hybridized carbons (Fsp3) is 0.0625. The molecule has 0 fully saturated rings. The van der Waals surface area contributed by atoms with E-state index in [-0.39, 0.29) is 0 Å². The van der Waals surface area contributed by atoms with E-state index in [9.17, 15) is 0 Å². The number of hydrogen-bond donors (Lipinski definition) is 0. The Morgan fingerprint density at radius 3 is 2.05 bits per heavy atom. The van der Waals surface area contributed by atoms with Crippen LogP contribution in [0.1, 0.15) is 16.9 Å². The highest BCUT2D eigenvalue weighted by Gasteiger charge is 2.22. The molecule has 0 aliphatic heterocycles. The second-order valence-electron chi connectivity index (χ2n) is 9.77. The third-order valence-corrected chi connectivity index (χ3v) is 10.1. The molecule has 0 saturated heterocycles. The zero-order valence-corrected chi connectivity index (χ0v) is 21.9. The Hall–Kier alpha value is -4.26. The number of aryl methyl sites for hydroxylation is 1. The summed E-state index contributed by atoms with van der Waals surface area (Å²) in [5.74, 6) is 0. The molecule has 0 radical (unpaired) electrons. The van der Waals surface area contributed by atoms with Crippen LogP contribution in [-0.4, -0.2) is 19.1 Å². The molecule has 6 heteroatoms. The molecule has 0 amide bonds. The van der Waals surface area contributed by atoms with Crippen molar-refractivity contribution in [2.45, 2.75) is 12.8 Å². The molecule has 1 aliphatic carbocycles. The molecule has 9 rings (SSSR count). The third kappa shape index (κ3) is 2.68. The lowest BCUT2D eigenvalue weighted by Gasteiger charge is -2.10. The molecule has 0 atom stereocenters. The number of nitrogens with zero attached hydrogens (tertiary/aromatic N) is 4. The first-order chi connectivity index (χ1) is 18.9. The van der Waals surface area contributed by atoms with Gasteiger partial charge in [-0.2, -0.15) is 0 Å². The standard InChI is InChI=1S/C32H20N4S2/c1-3-11-25-21(7-1)27-29-23(9-5-17-33-29)35(31(27)37-25)19-13-15-20(16-14-19)36-24-10-6-18-34-30(24)28-22-8-2-4-12-26(22)38-32(28)36/h1-3,5-11,13-18H,4,12H2. The van der Waals surface area contributed by atoms with Crippen LogP contribution in [0.4, 0.5) is 0 Å². The van der Waals surface area contributed by atoms with Crippen molar-refractivity contribution in [2.75, 3.05) is 0 Å².